The highest BCUT2D eigenvalue weighted by molar-refractivity contribution is 6.06. The maximum atomic E-state index is 12.7. The molecule has 21 heavy (non-hydrogen) atoms. The van der Waals surface area contributed by atoms with Gasteiger partial charge in [0.25, 0.3) is 11.5 Å². The van der Waals surface area contributed by atoms with Gasteiger partial charge in [-0.2, -0.15) is 0 Å². The van der Waals surface area contributed by atoms with Crippen LogP contribution in [0.4, 0.5) is 0 Å². The van der Waals surface area contributed by atoms with Gasteiger partial charge in [0.15, 0.2) is 0 Å². The van der Waals surface area contributed by atoms with Crippen molar-refractivity contribution in [2.75, 3.05) is 19.7 Å². The molecule has 1 aliphatic rings. The molecule has 0 aliphatic carbocycles. The second kappa shape index (κ2) is 5.33. The Labute approximate surface area is 120 Å². The number of rotatable bonds is 2. The summed E-state index contributed by atoms with van der Waals surface area (Å²) in [6.45, 7) is 2.85. The molecule has 1 amide bonds. The number of aliphatic hydroxyl groups is 1. The Kier molecular flexibility index (Phi) is 3.50. The van der Waals surface area contributed by atoms with Crippen molar-refractivity contribution >= 4 is 17.0 Å². The van der Waals surface area contributed by atoms with Crippen molar-refractivity contribution < 1.29 is 14.3 Å². The van der Waals surface area contributed by atoms with Crippen LogP contribution < -0.4 is 5.56 Å². The Bertz CT molecular complexity index is 733. The third kappa shape index (κ3) is 2.33. The lowest BCUT2D eigenvalue weighted by molar-refractivity contribution is 0.0620. The minimum Gasteiger partial charge on any atom is -0.442 e. The first kappa shape index (κ1) is 13.8. The highest BCUT2D eigenvalue weighted by atomic mass is 16.3. The van der Waals surface area contributed by atoms with Gasteiger partial charge in [-0.25, -0.2) is 4.98 Å². The van der Waals surface area contributed by atoms with Crippen molar-refractivity contribution in [3.63, 3.8) is 0 Å². The van der Waals surface area contributed by atoms with E-state index in [9.17, 15) is 14.7 Å². The number of aromatic amines is 1. The van der Waals surface area contributed by atoms with E-state index in [0.717, 1.165) is 12.8 Å². The lowest BCUT2D eigenvalue weighted by atomic mass is 9.98. The average molecular weight is 291 g/mol. The molecule has 7 heteroatoms. The third-order valence-electron chi connectivity index (χ3n) is 3.95. The number of hydrogen-bond acceptors (Lipinski definition) is 5. The zero-order chi connectivity index (χ0) is 15.0. The summed E-state index contributed by atoms with van der Waals surface area (Å²) in [5.41, 5.74) is 0.0733. The van der Waals surface area contributed by atoms with Gasteiger partial charge in [-0.3, -0.25) is 9.59 Å². The van der Waals surface area contributed by atoms with Crippen LogP contribution in [0.15, 0.2) is 15.5 Å². The quantitative estimate of drug-likeness (QED) is 0.847. The zero-order valence-corrected chi connectivity index (χ0v) is 11.8. The van der Waals surface area contributed by atoms with E-state index >= 15 is 0 Å². The van der Waals surface area contributed by atoms with Gasteiger partial charge in [0.2, 0.25) is 5.71 Å². The minimum absolute atomic E-state index is 0.0665. The Morgan fingerprint density at radius 2 is 2.43 bits per heavy atom. The Balaban J connectivity index is 2.02. The average Bonchev–Trinajstić information content (AvgIpc) is 2.84. The number of furan rings is 1. The lowest BCUT2D eigenvalue weighted by Gasteiger charge is -2.31. The summed E-state index contributed by atoms with van der Waals surface area (Å²) in [6.07, 6.45) is 3.01. The number of hydrogen-bond donors (Lipinski definition) is 2. The maximum Gasteiger partial charge on any atom is 0.262 e. The second-order valence-corrected chi connectivity index (χ2v) is 5.39. The number of aliphatic hydroxyl groups excluding tert-OH is 1. The topological polar surface area (TPSA) is 99.4 Å². The molecule has 0 bridgehead atoms. The molecule has 0 aromatic carbocycles. The van der Waals surface area contributed by atoms with Crippen molar-refractivity contribution in [3.8, 4) is 0 Å². The number of nitrogens with one attached hydrogen (secondary N) is 1. The van der Waals surface area contributed by atoms with E-state index in [-0.39, 0.29) is 40.7 Å². The molecule has 1 fully saturated rings. The smallest absolute Gasteiger partial charge is 0.262 e. The minimum atomic E-state index is -0.379. The summed E-state index contributed by atoms with van der Waals surface area (Å²) in [4.78, 5) is 32.8. The fraction of sp³-hybridized carbons (Fsp3) is 0.500. The van der Waals surface area contributed by atoms with Gasteiger partial charge in [0.05, 0.1) is 11.9 Å². The molecule has 1 atom stereocenters. The Morgan fingerprint density at radius 3 is 3.19 bits per heavy atom. The lowest BCUT2D eigenvalue weighted by Crippen LogP contribution is -2.41. The summed E-state index contributed by atoms with van der Waals surface area (Å²) >= 11 is 0. The van der Waals surface area contributed by atoms with Gasteiger partial charge in [-0.05, 0) is 25.7 Å². The van der Waals surface area contributed by atoms with Crippen LogP contribution in [0.2, 0.25) is 0 Å². The monoisotopic (exact) mass is 291 g/mol. The van der Waals surface area contributed by atoms with E-state index in [2.05, 4.69) is 9.97 Å². The van der Waals surface area contributed by atoms with Crippen LogP contribution in [0.1, 0.15) is 29.0 Å². The standard InChI is InChI=1S/C14H17N3O4/c1-8-10(11-12(19)15-7-16-13(11)21-8)14(20)17-4-2-3-9(5-17)6-18/h7,9,18H,2-6H2,1H3,(H,15,16,19). The highest BCUT2D eigenvalue weighted by Gasteiger charge is 2.29. The third-order valence-corrected chi connectivity index (χ3v) is 3.95. The first-order valence-electron chi connectivity index (χ1n) is 6.98. The van der Waals surface area contributed by atoms with Crippen LogP contribution in [-0.2, 0) is 0 Å². The van der Waals surface area contributed by atoms with Crippen molar-refractivity contribution in [1.82, 2.24) is 14.9 Å². The molecule has 1 unspecified atom stereocenters. The van der Waals surface area contributed by atoms with Crippen molar-refractivity contribution in [2.45, 2.75) is 19.8 Å². The van der Waals surface area contributed by atoms with Gasteiger partial charge in [0.1, 0.15) is 11.1 Å². The van der Waals surface area contributed by atoms with Gasteiger partial charge in [-0.15, -0.1) is 0 Å². The van der Waals surface area contributed by atoms with E-state index in [0.29, 0.717) is 18.8 Å². The number of carbonyl (C=O) groups excluding carboxylic acids is 1. The Morgan fingerprint density at radius 1 is 1.62 bits per heavy atom. The predicted octanol–water partition coefficient (Wildman–Crippen LogP) is 0.669. The largest absolute Gasteiger partial charge is 0.442 e. The summed E-state index contributed by atoms with van der Waals surface area (Å²) in [7, 11) is 0. The van der Waals surface area contributed by atoms with Crippen LogP contribution in [0, 0.1) is 12.8 Å². The molecule has 3 rings (SSSR count). The highest BCUT2D eigenvalue weighted by Crippen LogP contribution is 2.24. The van der Waals surface area contributed by atoms with E-state index in [1.165, 1.54) is 6.33 Å². The van der Waals surface area contributed by atoms with Crippen LogP contribution in [0.5, 0.6) is 0 Å². The molecule has 0 saturated carbocycles. The predicted molar refractivity (Wildman–Crippen MR) is 75.1 cm³/mol. The first-order valence-corrected chi connectivity index (χ1v) is 6.98. The van der Waals surface area contributed by atoms with E-state index in [4.69, 9.17) is 4.42 Å². The van der Waals surface area contributed by atoms with Gasteiger partial charge >= 0.3 is 0 Å². The molecular weight excluding hydrogens is 274 g/mol. The number of fused-ring (bicyclic) bond motifs is 1. The van der Waals surface area contributed by atoms with Crippen LogP contribution in [-0.4, -0.2) is 45.6 Å². The number of likely N-dealkylation sites (tertiary alicyclic amines) is 1. The number of aryl methyl sites for hydroxylation is 1. The molecule has 2 aromatic rings. The molecule has 2 N–H and O–H groups in total. The number of nitrogens with zero attached hydrogens (tertiary/aromatic N) is 2. The summed E-state index contributed by atoms with van der Waals surface area (Å²) in [6, 6.07) is 0. The molecule has 2 aromatic heterocycles. The van der Waals surface area contributed by atoms with E-state index in [1.807, 2.05) is 0 Å². The van der Waals surface area contributed by atoms with Crippen LogP contribution in [0.3, 0.4) is 0 Å². The van der Waals surface area contributed by atoms with Gasteiger partial charge in [-0.1, -0.05) is 0 Å². The number of amides is 1. The molecule has 0 radical (unpaired) electrons. The fourth-order valence-electron chi connectivity index (χ4n) is 2.87. The molecule has 3 heterocycles. The molecule has 1 aliphatic heterocycles. The summed E-state index contributed by atoms with van der Waals surface area (Å²) in [5.74, 6) is 0.255. The van der Waals surface area contributed by atoms with Gasteiger partial charge < -0.3 is 19.4 Å². The fourth-order valence-corrected chi connectivity index (χ4v) is 2.87. The van der Waals surface area contributed by atoms with Crippen molar-refractivity contribution in [2.24, 2.45) is 5.92 Å². The SMILES string of the molecule is Cc1oc2nc[nH]c(=O)c2c1C(=O)N1CCCC(CO)C1. The van der Waals surface area contributed by atoms with Crippen LogP contribution in [0.25, 0.3) is 11.1 Å². The molecule has 1 saturated heterocycles. The number of piperidine rings is 1. The number of H-pyrrole nitrogens is 1. The van der Waals surface area contributed by atoms with E-state index < -0.39 is 0 Å². The van der Waals surface area contributed by atoms with E-state index in [1.54, 1.807) is 11.8 Å². The maximum absolute atomic E-state index is 12.7. The Hall–Kier alpha value is -2.15. The normalized spacial score (nSPS) is 19.1. The van der Waals surface area contributed by atoms with Crippen molar-refractivity contribution in [1.29, 1.82) is 0 Å². The molecular formula is C14H17N3O4. The number of carbonyl (C=O) groups is 1. The van der Waals surface area contributed by atoms with Crippen LogP contribution >= 0.6 is 0 Å². The molecule has 7 nitrogen and oxygen atoms in total. The zero-order valence-electron chi connectivity index (χ0n) is 11.8. The first-order chi connectivity index (χ1) is 10.1. The molecule has 0 spiro atoms. The molecule has 112 valence electrons. The summed E-state index contributed by atoms with van der Waals surface area (Å²) in [5, 5.41) is 9.47. The van der Waals surface area contributed by atoms with Gasteiger partial charge in [0, 0.05) is 19.7 Å². The number of aromatic nitrogens is 2. The van der Waals surface area contributed by atoms with Crippen molar-refractivity contribution in [3.05, 3.63) is 28.0 Å². The summed E-state index contributed by atoms with van der Waals surface area (Å²) < 4.78 is 5.42. The second-order valence-electron chi connectivity index (χ2n) is 5.39.